The number of aryl methyl sites for hydroxylation is 1. The lowest BCUT2D eigenvalue weighted by Gasteiger charge is -2.06. The zero-order valence-corrected chi connectivity index (χ0v) is 9.63. The fourth-order valence-electron chi connectivity index (χ4n) is 1.47. The second-order valence-electron chi connectivity index (χ2n) is 3.72. The van der Waals surface area contributed by atoms with Crippen LogP contribution in [0.2, 0.25) is 0 Å². The van der Waals surface area contributed by atoms with Crippen LogP contribution in [0.4, 0.5) is 0 Å². The van der Waals surface area contributed by atoms with E-state index in [4.69, 9.17) is 9.84 Å². The van der Waals surface area contributed by atoms with Gasteiger partial charge in [-0.1, -0.05) is 30.3 Å². The van der Waals surface area contributed by atoms with Crippen molar-refractivity contribution in [3.05, 3.63) is 53.3 Å². The molecular formula is C13H14N2O2. The van der Waals surface area contributed by atoms with Gasteiger partial charge >= 0.3 is 6.01 Å². The van der Waals surface area contributed by atoms with Gasteiger partial charge in [-0.05, 0) is 18.6 Å². The lowest BCUT2D eigenvalue weighted by molar-refractivity contribution is 0.259. The first-order chi connectivity index (χ1) is 8.28. The van der Waals surface area contributed by atoms with Gasteiger partial charge in [0.05, 0.1) is 12.3 Å². The van der Waals surface area contributed by atoms with E-state index < -0.39 is 0 Å². The van der Waals surface area contributed by atoms with Gasteiger partial charge in [-0.2, -0.15) is 4.98 Å². The summed E-state index contributed by atoms with van der Waals surface area (Å²) < 4.78 is 5.48. The van der Waals surface area contributed by atoms with Gasteiger partial charge in [-0.15, -0.1) is 0 Å². The van der Waals surface area contributed by atoms with Crippen LogP contribution in [0.3, 0.4) is 0 Å². The first-order valence-corrected chi connectivity index (χ1v) is 5.40. The maximum absolute atomic E-state index is 9.03. The fourth-order valence-corrected chi connectivity index (χ4v) is 1.47. The van der Waals surface area contributed by atoms with E-state index in [1.165, 1.54) is 0 Å². The molecule has 0 atom stereocenters. The average molecular weight is 230 g/mol. The number of aromatic nitrogens is 2. The Hall–Kier alpha value is -1.94. The summed E-state index contributed by atoms with van der Waals surface area (Å²) in [5.41, 5.74) is 2.41. The fraction of sp³-hybridized carbons (Fsp3) is 0.231. The van der Waals surface area contributed by atoms with Gasteiger partial charge in [0.15, 0.2) is 0 Å². The molecule has 2 rings (SSSR count). The number of aliphatic hydroxyl groups excluding tert-OH is 1. The van der Waals surface area contributed by atoms with Gasteiger partial charge in [0, 0.05) is 5.69 Å². The predicted molar refractivity (Wildman–Crippen MR) is 63.5 cm³/mol. The van der Waals surface area contributed by atoms with Gasteiger partial charge in [0.25, 0.3) is 0 Å². The molecule has 17 heavy (non-hydrogen) atoms. The van der Waals surface area contributed by atoms with Crippen LogP contribution >= 0.6 is 0 Å². The van der Waals surface area contributed by atoms with Crippen molar-refractivity contribution in [2.45, 2.75) is 20.1 Å². The lowest BCUT2D eigenvalue weighted by Crippen LogP contribution is -2.02. The molecule has 1 aromatic carbocycles. The molecule has 88 valence electrons. The minimum absolute atomic E-state index is 0.106. The second-order valence-corrected chi connectivity index (χ2v) is 3.72. The number of hydrogen-bond acceptors (Lipinski definition) is 4. The molecule has 0 amide bonds. The van der Waals surface area contributed by atoms with Crippen LogP contribution in [0.25, 0.3) is 0 Å². The quantitative estimate of drug-likeness (QED) is 0.871. The Morgan fingerprint density at radius 3 is 2.65 bits per heavy atom. The van der Waals surface area contributed by atoms with Crippen molar-refractivity contribution >= 4 is 0 Å². The highest BCUT2D eigenvalue weighted by Crippen LogP contribution is 2.09. The summed E-state index contributed by atoms with van der Waals surface area (Å²) in [6.07, 6.45) is 0. The Kier molecular flexibility index (Phi) is 3.67. The molecule has 2 aromatic rings. The van der Waals surface area contributed by atoms with Crippen LogP contribution in [0.5, 0.6) is 6.01 Å². The van der Waals surface area contributed by atoms with Gasteiger partial charge < -0.3 is 9.84 Å². The van der Waals surface area contributed by atoms with E-state index in [0.717, 1.165) is 11.3 Å². The summed E-state index contributed by atoms with van der Waals surface area (Å²) in [5, 5.41) is 9.03. The maximum atomic E-state index is 9.03. The average Bonchev–Trinajstić information content (AvgIpc) is 2.37. The molecule has 4 nitrogen and oxygen atoms in total. The molecule has 1 aromatic heterocycles. The van der Waals surface area contributed by atoms with Crippen molar-refractivity contribution < 1.29 is 9.84 Å². The predicted octanol–water partition coefficient (Wildman–Crippen LogP) is 1.86. The molecule has 0 aliphatic carbocycles. The summed E-state index contributed by atoms with van der Waals surface area (Å²) in [7, 11) is 0. The Bertz CT molecular complexity index is 486. The number of hydrogen-bond donors (Lipinski definition) is 1. The Balaban J connectivity index is 2.06. The van der Waals surface area contributed by atoms with E-state index in [-0.39, 0.29) is 6.61 Å². The molecule has 0 radical (unpaired) electrons. The molecule has 0 bridgehead atoms. The zero-order valence-electron chi connectivity index (χ0n) is 9.63. The van der Waals surface area contributed by atoms with Gasteiger partial charge in [0.1, 0.15) is 6.61 Å². The lowest BCUT2D eigenvalue weighted by atomic mass is 10.2. The Labute approximate surface area is 99.9 Å². The van der Waals surface area contributed by atoms with Crippen LogP contribution in [-0.4, -0.2) is 15.1 Å². The summed E-state index contributed by atoms with van der Waals surface area (Å²) in [4.78, 5) is 8.24. The highest BCUT2D eigenvalue weighted by Gasteiger charge is 2.02. The SMILES string of the molecule is Cc1cc(CO)nc(OCc2ccccc2)n1. The molecule has 0 aliphatic rings. The number of benzene rings is 1. The third-order valence-electron chi connectivity index (χ3n) is 2.26. The molecule has 0 fully saturated rings. The largest absolute Gasteiger partial charge is 0.459 e. The summed E-state index contributed by atoms with van der Waals surface area (Å²) in [5.74, 6) is 0. The van der Waals surface area contributed by atoms with Crippen LogP contribution in [-0.2, 0) is 13.2 Å². The maximum Gasteiger partial charge on any atom is 0.317 e. The Morgan fingerprint density at radius 2 is 1.94 bits per heavy atom. The molecule has 0 spiro atoms. The van der Waals surface area contributed by atoms with Crippen molar-refractivity contribution in [2.75, 3.05) is 0 Å². The van der Waals surface area contributed by atoms with E-state index in [9.17, 15) is 0 Å². The Morgan fingerprint density at radius 1 is 1.18 bits per heavy atom. The van der Waals surface area contributed by atoms with E-state index >= 15 is 0 Å². The van der Waals surface area contributed by atoms with Crippen LogP contribution in [0.1, 0.15) is 17.0 Å². The minimum Gasteiger partial charge on any atom is -0.459 e. The molecule has 1 N–H and O–H groups in total. The molecule has 0 saturated carbocycles. The molecule has 0 unspecified atom stereocenters. The van der Waals surface area contributed by atoms with Gasteiger partial charge in [0.2, 0.25) is 0 Å². The highest BCUT2D eigenvalue weighted by molar-refractivity contribution is 5.15. The van der Waals surface area contributed by atoms with E-state index in [0.29, 0.717) is 18.3 Å². The van der Waals surface area contributed by atoms with E-state index in [1.807, 2.05) is 37.3 Å². The molecular weight excluding hydrogens is 216 g/mol. The third-order valence-corrected chi connectivity index (χ3v) is 2.26. The standard InChI is InChI=1S/C13H14N2O2/c1-10-7-12(8-16)15-13(14-10)17-9-11-5-3-2-4-6-11/h2-7,16H,8-9H2,1H3. The molecule has 0 saturated heterocycles. The zero-order chi connectivity index (χ0) is 12.1. The first kappa shape index (κ1) is 11.5. The second kappa shape index (κ2) is 5.41. The number of rotatable bonds is 4. The van der Waals surface area contributed by atoms with Crippen LogP contribution < -0.4 is 4.74 Å². The molecule has 4 heteroatoms. The highest BCUT2D eigenvalue weighted by atomic mass is 16.5. The van der Waals surface area contributed by atoms with Gasteiger partial charge in [-0.25, -0.2) is 4.98 Å². The van der Waals surface area contributed by atoms with Crippen molar-refractivity contribution in [3.63, 3.8) is 0 Å². The third kappa shape index (κ3) is 3.26. The topological polar surface area (TPSA) is 55.2 Å². The number of ether oxygens (including phenoxy) is 1. The van der Waals surface area contributed by atoms with E-state index in [1.54, 1.807) is 6.07 Å². The summed E-state index contributed by atoms with van der Waals surface area (Å²) in [6, 6.07) is 11.8. The normalized spacial score (nSPS) is 10.2. The number of nitrogens with zero attached hydrogens (tertiary/aromatic N) is 2. The monoisotopic (exact) mass is 230 g/mol. The van der Waals surface area contributed by atoms with Crippen molar-refractivity contribution in [1.82, 2.24) is 9.97 Å². The number of aliphatic hydroxyl groups is 1. The molecule has 0 aliphatic heterocycles. The van der Waals surface area contributed by atoms with Crippen molar-refractivity contribution in [1.29, 1.82) is 0 Å². The summed E-state index contributed by atoms with van der Waals surface area (Å²) >= 11 is 0. The van der Waals surface area contributed by atoms with Crippen LogP contribution in [0, 0.1) is 6.92 Å². The van der Waals surface area contributed by atoms with Crippen molar-refractivity contribution in [2.24, 2.45) is 0 Å². The van der Waals surface area contributed by atoms with Gasteiger partial charge in [-0.3, -0.25) is 0 Å². The molecule has 1 heterocycles. The summed E-state index contributed by atoms with van der Waals surface area (Å²) in [6.45, 7) is 2.16. The van der Waals surface area contributed by atoms with E-state index in [2.05, 4.69) is 9.97 Å². The minimum atomic E-state index is -0.106. The smallest absolute Gasteiger partial charge is 0.317 e. The first-order valence-electron chi connectivity index (χ1n) is 5.40. The van der Waals surface area contributed by atoms with Crippen LogP contribution in [0.15, 0.2) is 36.4 Å². The van der Waals surface area contributed by atoms with Crippen molar-refractivity contribution in [3.8, 4) is 6.01 Å².